The van der Waals surface area contributed by atoms with Crippen LogP contribution in [0.3, 0.4) is 0 Å². The van der Waals surface area contributed by atoms with E-state index in [1.54, 1.807) is 24.3 Å². The van der Waals surface area contributed by atoms with Crippen molar-refractivity contribution in [3.8, 4) is 11.5 Å². The van der Waals surface area contributed by atoms with Crippen LogP contribution < -0.4 is 36.5 Å². The molecule has 2 aliphatic rings. The van der Waals surface area contributed by atoms with Crippen molar-refractivity contribution in [1.29, 1.82) is 0 Å². The molecule has 26 heavy (non-hydrogen) atoms. The molecule has 0 radical (unpaired) electrons. The zero-order valence-corrected chi connectivity index (χ0v) is 14.5. The van der Waals surface area contributed by atoms with Crippen molar-refractivity contribution in [3.05, 3.63) is 53.1 Å². The Hall–Kier alpha value is -2.36. The van der Waals surface area contributed by atoms with E-state index >= 15 is 0 Å². The third-order valence-corrected chi connectivity index (χ3v) is 4.40. The Morgan fingerprint density at radius 3 is 2.77 bits per heavy atom. The number of hydrogen-bond acceptors (Lipinski definition) is 7. The smallest absolute Gasteiger partial charge is 0.245 e. The summed E-state index contributed by atoms with van der Waals surface area (Å²) in [7, 11) is 0. The molecule has 0 bridgehead atoms. The highest BCUT2D eigenvalue weighted by atomic mass is 35.5. The molecule has 5 N–H and O–H groups in total. The van der Waals surface area contributed by atoms with E-state index in [1.165, 1.54) is 0 Å². The van der Waals surface area contributed by atoms with Crippen LogP contribution in [0.5, 0.6) is 11.5 Å². The molecule has 1 saturated heterocycles. The number of rotatable bonds is 5. The summed E-state index contributed by atoms with van der Waals surface area (Å²) in [4.78, 5) is 12.5. The van der Waals surface area contributed by atoms with Gasteiger partial charge in [-0.3, -0.25) is 10.1 Å². The van der Waals surface area contributed by atoms with Crippen molar-refractivity contribution >= 4 is 23.2 Å². The molecule has 2 aliphatic heterocycles. The fourth-order valence-electron chi connectivity index (χ4n) is 2.78. The van der Waals surface area contributed by atoms with Gasteiger partial charge >= 0.3 is 0 Å². The Labute approximate surface area is 155 Å². The molecule has 1 amide bonds. The quantitative estimate of drug-likeness (QED) is 0.534. The van der Waals surface area contributed by atoms with Crippen molar-refractivity contribution in [1.82, 2.24) is 21.7 Å². The lowest BCUT2D eigenvalue weighted by atomic mass is 10.1. The Kier molecular flexibility index (Phi) is 4.91. The maximum atomic E-state index is 12.5. The van der Waals surface area contributed by atoms with Crippen molar-refractivity contribution < 1.29 is 14.3 Å². The van der Waals surface area contributed by atoms with E-state index in [4.69, 9.17) is 21.1 Å². The van der Waals surface area contributed by atoms with Gasteiger partial charge in [0.2, 0.25) is 12.7 Å². The number of anilines is 1. The molecule has 2 aromatic rings. The van der Waals surface area contributed by atoms with Crippen LogP contribution in [0.25, 0.3) is 0 Å². The highest BCUT2D eigenvalue weighted by molar-refractivity contribution is 6.30. The van der Waals surface area contributed by atoms with Crippen LogP contribution in [0.2, 0.25) is 5.02 Å². The molecule has 4 rings (SSSR count). The topological polar surface area (TPSA) is 95.7 Å². The number of fused-ring (bicyclic) bond motifs is 1. The van der Waals surface area contributed by atoms with Gasteiger partial charge in [0.1, 0.15) is 6.04 Å². The first-order chi connectivity index (χ1) is 12.7. The van der Waals surface area contributed by atoms with Crippen LogP contribution in [-0.4, -0.2) is 24.9 Å². The van der Waals surface area contributed by atoms with Crippen molar-refractivity contribution in [3.63, 3.8) is 0 Å². The molecule has 2 heterocycles. The number of nitrogens with one attached hydrogen (secondary N) is 5. The highest BCUT2D eigenvalue weighted by Crippen LogP contribution is 2.32. The SMILES string of the molecule is O=C(Nc1ccc(Cl)cc1)C1NNNC1NCc1ccc2c(c1)OCO2. The average Bonchev–Trinajstić information content (AvgIpc) is 3.30. The van der Waals surface area contributed by atoms with Gasteiger partial charge in [-0.2, -0.15) is 5.53 Å². The second-order valence-corrected chi connectivity index (χ2v) is 6.37. The summed E-state index contributed by atoms with van der Waals surface area (Å²) in [6, 6.07) is 12.2. The standard InChI is InChI=1S/C17H18ClN5O3/c18-11-2-4-12(5-3-11)20-17(24)15-16(22-23-21-15)19-8-10-1-6-13-14(7-10)26-9-25-13/h1-7,15-16,19,21-23H,8-9H2,(H,20,24). The molecule has 2 atom stereocenters. The zero-order valence-electron chi connectivity index (χ0n) is 13.7. The van der Waals surface area contributed by atoms with Crippen LogP contribution in [0.15, 0.2) is 42.5 Å². The number of amides is 1. The lowest BCUT2D eigenvalue weighted by molar-refractivity contribution is -0.118. The van der Waals surface area contributed by atoms with Crippen molar-refractivity contribution in [2.75, 3.05) is 12.1 Å². The van der Waals surface area contributed by atoms with Crippen LogP contribution >= 0.6 is 11.6 Å². The first-order valence-electron chi connectivity index (χ1n) is 8.13. The average molecular weight is 376 g/mol. The number of benzene rings is 2. The molecular formula is C17H18ClN5O3. The molecular weight excluding hydrogens is 358 g/mol. The molecule has 9 heteroatoms. The summed E-state index contributed by atoms with van der Waals surface area (Å²) < 4.78 is 10.7. The summed E-state index contributed by atoms with van der Waals surface area (Å²) in [5.41, 5.74) is 10.4. The predicted octanol–water partition coefficient (Wildman–Crippen LogP) is 1.10. The Morgan fingerprint density at radius 2 is 1.92 bits per heavy atom. The van der Waals surface area contributed by atoms with Gasteiger partial charge in [0.25, 0.3) is 0 Å². The fraction of sp³-hybridized carbons (Fsp3) is 0.235. The van der Waals surface area contributed by atoms with E-state index in [0.29, 0.717) is 17.3 Å². The number of halogens is 1. The number of carbonyl (C=O) groups is 1. The monoisotopic (exact) mass is 375 g/mol. The Balaban J connectivity index is 1.35. The number of hydrogen-bond donors (Lipinski definition) is 5. The maximum absolute atomic E-state index is 12.5. The molecule has 0 saturated carbocycles. The molecule has 1 fully saturated rings. The maximum Gasteiger partial charge on any atom is 0.245 e. The lowest BCUT2D eigenvalue weighted by Crippen LogP contribution is -2.51. The number of ether oxygens (including phenoxy) is 2. The van der Waals surface area contributed by atoms with Gasteiger partial charge in [0, 0.05) is 17.3 Å². The van der Waals surface area contributed by atoms with Gasteiger partial charge in [-0.15, -0.1) is 0 Å². The highest BCUT2D eigenvalue weighted by Gasteiger charge is 2.32. The van der Waals surface area contributed by atoms with Gasteiger partial charge < -0.3 is 14.8 Å². The summed E-state index contributed by atoms with van der Waals surface area (Å²) in [6.07, 6.45) is -0.298. The number of hydrazine groups is 2. The predicted molar refractivity (Wildman–Crippen MR) is 96.5 cm³/mol. The largest absolute Gasteiger partial charge is 0.454 e. The van der Waals surface area contributed by atoms with Gasteiger partial charge in [-0.1, -0.05) is 17.7 Å². The minimum atomic E-state index is -0.500. The van der Waals surface area contributed by atoms with Crippen LogP contribution in [0, 0.1) is 0 Å². The van der Waals surface area contributed by atoms with E-state index in [0.717, 1.165) is 17.1 Å². The van der Waals surface area contributed by atoms with E-state index in [2.05, 4.69) is 27.0 Å². The summed E-state index contributed by atoms with van der Waals surface area (Å²) in [6.45, 7) is 0.805. The minimum absolute atomic E-state index is 0.173. The first kappa shape index (κ1) is 17.1. The summed E-state index contributed by atoms with van der Waals surface area (Å²) >= 11 is 5.86. The van der Waals surface area contributed by atoms with Crippen LogP contribution in [-0.2, 0) is 11.3 Å². The van der Waals surface area contributed by atoms with E-state index in [1.807, 2.05) is 18.2 Å². The van der Waals surface area contributed by atoms with Crippen molar-refractivity contribution in [2.45, 2.75) is 18.8 Å². The van der Waals surface area contributed by atoms with Crippen molar-refractivity contribution in [2.24, 2.45) is 0 Å². The zero-order chi connectivity index (χ0) is 17.9. The van der Waals surface area contributed by atoms with Gasteiger partial charge in [-0.25, -0.2) is 10.9 Å². The third kappa shape index (κ3) is 3.74. The van der Waals surface area contributed by atoms with Crippen LogP contribution in [0.4, 0.5) is 5.69 Å². The molecule has 0 spiro atoms. The molecule has 8 nitrogen and oxygen atoms in total. The second-order valence-electron chi connectivity index (χ2n) is 5.93. The van der Waals surface area contributed by atoms with Gasteiger partial charge in [0.15, 0.2) is 11.5 Å². The second kappa shape index (κ2) is 7.48. The minimum Gasteiger partial charge on any atom is -0.454 e. The Morgan fingerprint density at radius 1 is 1.12 bits per heavy atom. The number of carbonyl (C=O) groups excluding carboxylic acids is 1. The Bertz CT molecular complexity index is 801. The molecule has 0 aliphatic carbocycles. The summed E-state index contributed by atoms with van der Waals surface area (Å²) in [5.74, 6) is 1.31. The normalized spacial score (nSPS) is 21.0. The first-order valence-corrected chi connectivity index (χ1v) is 8.51. The fourth-order valence-corrected chi connectivity index (χ4v) is 2.91. The summed E-state index contributed by atoms with van der Waals surface area (Å²) in [5, 5.41) is 6.78. The van der Waals surface area contributed by atoms with E-state index in [9.17, 15) is 4.79 Å². The lowest BCUT2D eigenvalue weighted by Gasteiger charge is -2.19. The molecule has 0 aromatic heterocycles. The van der Waals surface area contributed by atoms with E-state index < -0.39 is 6.04 Å². The van der Waals surface area contributed by atoms with Gasteiger partial charge in [-0.05, 0) is 42.0 Å². The van der Waals surface area contributed by atoms with Crippen LogP contribution in [0.1, 0.15) is 5.56 Å². The van der Waals surface area contributed by atoms with E-state index in [-0.39, 0.29) is 18.9 Å². The molecule has 2 unspecified atom stereocenters. The van der Waals surface area contributed by atoms with Gasteiger partial charge in [0.05, 0.1) is 6.17 Å². The molecule has 136 valence electrons. The molecule has 2 aromatic carbocycles. The third-order valence-electron chi connectivity index (χ3n) is 4.15.